The summed E-state index contributed by atoms with van der Waals surface area (Å²) in [5.74, 6) is 1.98. The van der Waals surface area contributed by atoms with Crippen LogP contribution in [-0.4, -0.2) is 44.4 Å². The monoisotopic (exact) mass is 388 g/mol. The van der Waals surface area contributed by atoms with Crippen LogP contribution in [0.4, 0.5) is 0 Å². The molecule has 0 unspecified atom stereocenters. The van der Waals surface area contributed by atoms with Crippen LogP contribution in [0.25, 0.3) is 0 Å². The molecule has 2 aromatic rings. The number of aliphatic hydroxyl groups excluding tert-OH is 2. The van der Waals surface area contributed by atoms with E-state index in [2.05, 4.69) is 0 Å². The molecule has 2 N–H and O–H groups in total. The number of rotatable bonds is 6. The number of hydrogen-bond acceptors (Lipinski definition) is 7. The molecule has 7 heteroatoms. The average molecular weight is 388 g/mol. The van der Waals surface area contributed by atoms with E-state index in [1.165, 1.54) is 0 Å². The third-order valence-corrected chi connectivity index (χ3v) is 5.50. The Balaban J connectivity index is 1.57. The minimum atomic E-state index is -0.795. The lowest BCUT2D eigenvalue weighted by atomic mass is 9.82. The van der Waals surface area contributed by atoms with E-state index in [0.717, 1.165) is 5.56 Å². The van der Waals surface area contributed by atoms with E-state index in [0.29, 0.717) is 35.2 Å². The van der Waals surface area contributed by atoms with Crippen LogP contribution in [0.2, 0.25) is 0 Å². The van der Waals surface area contributed by atoms with E-state index in [1.807, 2.05) is 24.3 Å². The van der Waals surface area contributed by atoms with Crippen LogP contribution < -0.4 is 18.9 Å². The maximum Gasteiger partial charge on any atom is 0.231 e. The average Bonchev–Trinajstić information content (AvgIpc) is 3.38. The van der Waals surface area contributed by atoms with Gasteiger partial charge in [-0.1, -0.05) is 12.1 Å². The van der Waals surface area contributed by atoms with Crippen molar-refractivity contribution in [3.05, 3.63) is 47.5 Å². The third kappa shape index (κ3) is 3.26. The first kappa shape index (κ1) is 18.9. The lowest BCUT2D eigenvalue weighted by Crippen LogP contribution is -2.25. The molecule has 0 spiro atoms. The van der Waals surface area contributed by atoms with Gasteiger partial charge in [-0.3, -0.25) is 0 Å². The minimum absolute atomic E-state index is 0.106. The minimum Gasteiger partial charge on any atom is -0.493 e. The second-order valence-electron chi connectivity index (χ2n) is 6.94. The summed E-state index contributed by atoms with van der Waals surface area (Å²) in [6.45, 7) is 0.410. The molecule has 0 aromatic heterocycles. The number of aliphatic hydroxyl groups is 2. The second kappa shape index (κ2) is 7.87. The quantitative estimate of drug-likeness (QED) is 0.786. The van der Waals surface area contributed by atoms with Crippen LogP contribution in [-0.2, 0) is 4.74 Å². The number of methoxy groups -OCH3 is 2. The highest BCUT2D eigenvalue weighted by atomic mass is 16.7. The van der Waals surface area contributed by atoms with Crippen molar-refractivity contribution in [2.75, 3.05) is 34.2 Å². The van der Waals surface area contributed by atoms with Crippen LogP contribution in [0.5, 0.6) is 23.0 Å². The van der Waals surface area contributed by atoms with Gasteiger partial charge in [-0.05, 0) is 35.4 Å². The first-order valence-corrected chi connectivity index (χ1v) is 9.18. The molecule has 0 saturated carbocycles. The summed E-state index contributed by atoms with van der Waals surface area (Å²) >= 11 is 0. The van der Waals surface area contributed by atoms with E-state index in [9.17, 15) is 10.2 Å². The van der Waals surface area contributed by atoms with Crippen molar-refractivity contribution in [1.82, 2.24) is 0 Å². The maximum absolute atomic E-state index is 11.0. The van der Waals surface area contributed by atoms with Gasteiger partial charge in [-0.25, -0.2) is 0 Å². The molecular weight excluding hydrogens is 364 g/mol. The Hall–Kier alpha value is -2.48. The van der Waals surface area contributed by atoms with Crippen LogP contribution in [0, 0.1) is 11.8 Å². The lowest BCUT2D eigenvalue weighted by molar-refractivity contribution is 0.0633. The van der Waals surface area contributed by atoms with Crippen molar-refractivity contribution < 1.29 is 33.9 Å². The normalized spacial score (nSPS) is 24.2. The number of ether oxygens (including phenoxy) is 5. The summed E-state index contributed by atoms with van der Waals surface area (Å²) in [7, 11) is 3.16. The Morgan fingerprint density at radius 2 is 1.82 bits per heavy atom. The zero-order chi connectivity index (χ0) is 19.7. The number of hydrogen-bond donors (Lipinski definition) is 2. The highest BCUT2D eigenvalue weighted by Gasteiger charge is 2.42. The molecule has 0 amide bonds. The Bertz CT molecular complexity index is 837. The molecule has 2 aromatic carbocycles. The first-order valence-electron chi connectivity index (χ1n) is 9.18. The molecule has 0 aliphatic carbocycles. The van der Waals surface area contributed by atoms with Crippen molar-refractivity contribution in [2.45, 2.75) is 12.2 Å². The lowest BCUT2D eigenvalue weighted by Gasteiger charge is -2.25. The Morgan fingerprint density at radius 1 is 1.04 bits per heavy atom. The van der Waals surface area contributed by atoms with Gasteiger partial charge in [0.05, 0.1) is 33.0 Å². The molecule has 2 aliphatic heterocycles. The molecule has 4 atom stereocenters. The predicted molar refractivity (Wildman–Crippen MR) is 99.8 cm³/mol. The van der Waals surface area contributed by atoms with Crippen LogP contribution >= 0.6 is 0 Å². The van der Waals surface area contributed by atoms with Gasteiger partial charge in [0.15, 0.2) is 23.0 Å². The highest BCUT2D eigenvalue weighted by molar-refractivity contribution is 5.46. The van der Waals surface area contributed by atoms with E-state index in [4.69, 9.17) is 23.7 Å². The molecule has 0 radical (unpaired) electrons. The van der Waals surface area contributed by atoms with Gasteiger partial charge in [0.1, 0.15) is 0 Å². The van der Waals surface area contributed by atoms with Crippen molar-refractivity contribution in [2.24, 2.45) is 11.8 Å². The van der Waals surface area contributed by atoms with Crippen molar-refractivity contribution >= 4 is 0 Å². The smallest absolute Gasteiger partial charge is 0.231 e. The van der Waals surface area contributed by atoms with Gasteiger partial charge in [0.25, 0.3) is 0 Å². The molecule has 2 heterocycles. The predicted octanol–water partition coefficient (Wildman–Crippen LogP) is 2.46. The third-order valence-electron chi connectivity index (χ3n) is 5.50. The molecule has 0 bridgehead atoms. The van der Waals surface area contributed by atoms with Gasteiger partial charge in [0.2, 0.25) is 6.79 Å². The summed E-state index contributed by atoms with van der Waals surface area (Å²) in [6.07, 6.45) is -1.14. The van der Waals surface area contributed by atoms with Crippen LogP contribution in [0.1, 0.15) is 23.3 Å². The van der Waals surface area contributed by atoms with E-state index in [1.54, 1.807) is 26.4 Å². The topological polar surface area (TPSA) is 86.6 Å². The molecular formula is C21H24O7. The summed E-state index contributed by atoms with van der Waals surface area (Å²) < 4.78 is 27.4. The molecule has 2 aliphatic rings. The van der Waals surface area contributed by atoms with Gasteiger partial charge in [-0.2, -0.15) is 0 Å². The SMILES string of the molecule is COc1ccc([C@@H]2OC[C@H]([C@H](O)c3ccc4c(c3)OCO4)[C@@H]2CO)cc1OC. The Labute approximate surface area is 163 Å². The standard InChI is InChI=1S/C21H24O7/c1-24-16-5-4-13(8-18(16)25-2)21-14(9-22)15(10-26-21)20(23)12-3-6-17-19(7-12)28-11-27-17/h3-8,14-15,20-23H,9-11H2,1-2H3/t14-,15-,20+,21-/m0/s1. The molecule has 150 valence electrons. The largest absolute Gasteiger partial charge is 0.493 e. The van der Waals surface area contributed by atoms with Gasteiger partial charge in [-0.15, -0.1) is 0 Å². The van der Waals surface area contributed by atoms with E-state index < -0.39 is 6.10 Å². The van der Waals surface area contributed by atoms with Crippen molar-refractivity contribution in [3.8, 4) is 23.0 Å². The van der Waals surface area contributed by atoms with Crippen LogP contribution in [0.15, 0.2) is 36.4 Å². The zero-order valence-electron chi connectivity index (χ0n) is 15.8. The zero-order valence-corrected chi connectivity index (χ0v) is 15.8. The van der Waals surface area contributed by atoms with E-state index >= 15 is 0 Å². The fourth-order valence-electron chi connectivity index (χ4n) is 3.96. The van der Waals surface area contributed by atoms with Gasteiger partial charge >= 0.3 is 0 Å². The Morgan fingerprint density at radius 3 is 2.57 bits per heavy atom. The molecule has 7 nitrogen and oxygen atoms in total. The van der Waals surface area contributed by atoms with Gasteiger partial charge < -0.3 is 33.9 Å². The summed E-state index contributed by atoms with van der Waals surface area (Å²) in [5, 5.41) is 21.0. The molecule has 28 heavy (non-hydrogen) atoms. The Kier molecular flexibility index (Phi) is 5.30. The fraction of sp³-hybridized carbons (Fsp3) is 0.429. The summed E-state index contributed by atoms with van der Waals surface area (Å²) in [4.78, 5) is 0. The molecule has 4 rings (SSSR count). The summed E-state index contributed by atoms with van der Waals surface area (Å²) in [5.41, 5.74) is 1.58. The number of benzene rings is 2. The maximum atomic E-state index is 11.0. The van der Waals surface area contributed by atoms with Gasteiger partial charge in [0, 0.05) is 18.4 Å². The van der Waals surface area contributed by atoms with E-state index in [-0.39, 0.29) is 31.3 Å². The summed E-state index contributed by atoms with van der Waals surface area (Å²) in [6, 6.07) is 10.9. The molecule has 1 saturated heterocycles. The molecule has 1 fully saturated rings. The van der Waals surface area contributed by atoms with Crippen LogP contribution in [0.3, 0.4) is 0 Å². The fourth-order valence-corrected chi connectivity index (χ4v) is 3.96. The van der Waals surface area contributed by atoms with Crippen molar-refractivity contribution in [1.29, 1.82) is 0 Å². The first-order chi connectivity index (χ1) is 13.7. The second-order valence-corrected chi connectivity index (χ2v) is 6.94. The highest BCUT2D eigenvalue weighted by Crippen LogP contribution is 2.46. The number of fused-ring (bicyclic) bond motifs is 1. The van der Waals surface area contributed by atoms with Crippen molar-refractivity contribution in [3.63, 3.8) is 0 Å².